The fourth-order valence-corrected chi connectivity index (χ4v) is 6.40. The maximum Gasteiger partial charge on any atom is 3.00 e. The minimum Gasteiger partial charge on any atom is -0.358 e. The Hall–Kier alpha value is -4.03. The second-order valence-corrected chi connectivity index (χ2v) is 12.1. The van der Waals surface area contributed by atoms with E-state index in [9.17, 15) is 0 Å². The first-order valence-corrected chi connectivity index (χ1v) is 29.0. The largest absolute Gasteiger partial charge is 3.00 e. The number of hydrogen-bond acceptors (Lipinski definition) is 0. The average molecular weight is 1210 g/mol. The molecule has 2 heteroatoms. The monoisotopic (exact) mass is 1200 g/mol. The molecule has 0 amide bonds. The van der Waals surface area contributed by atoms with Gasteiger partial charge < -0.3 is 14.9 Å². The smallest absolute Gasteiger partial charge is 0.358 e. The predicted octanol–water partition coefficient (Wildman–Crippen LogP) is 25.6. The summed E-state index contributed by atoms with van der Waals surface area (Å²) in [7, 11) is 0. The molecule has 0 nitrogen and oxygen atoms in total. The number of benzene rings is 8. The van der Waals surface area contributed by atoms with Crippen LogP contribution in [0.25, 0.3) is 44.5 Å². The molecule has 0 radical (unpaired) electrons. The molecule has 424 valence electrons. The van der Waals surface area contributed by atoms with Crippen LogP contribution in [-0.4, -0.2) is 0 Å². The predicted molar refractivity (Wildman–Crippen MR) is 357 cm³/mol. The quantitative estimate of drug-likeness (QED) is 0.151. The van der Waals surface area contributed by atoms with Crippen molar-refractivity contribution in [3.05, 3.63) is 255 Å². The van der Waals surface area contributed by atoms with Gasteiger partial charge in [-0.3, -0.25) is 0 Å². The zero-order valence-corrected chi connectivity index (χ0v) is 60.7. The molecule has 0 saturated heterocycles. The number of rotatable bonds is 2. The summed E-state index contributed by atoms with van der Waals surface area (Å²) >= 11 is 0. The topological polar surface area (TPSA) is 0 Å². The molecule has 10 rings (SSSR count). The van der Waals surface area contributed by atoms with Gasteiger partial charge in [0.05, 0.1) is 0 Å². The second kappa shape index (κ2) is 77.2. The summed E-state index contributed by atoms with van der Waals surface area (Å²) in [5, 5.41) is 0. The van der Waals surface area contributed by atoms with Crippen molar-refractivity contribution in [3.8, 4) is 44.5 Å². The van der Waals surface area contributed by atoms with E-state index in [2.05, 4.69) is 121 Å². The van der Waals surface area contributed by atoms with Crippen LogP contribution >= 0.6 is 0 Å². The maximum atomic E-state index is 3.15. The normalized spacial score (nSPS) is 8.00. The SMILES string of the molecule is CC.CC.CC.CC.CC.CC.CC.CC.CC.CC.CC.CC.[CH3-].[CH3-].[Y+3].[Y+3].[c-]1ccccc1-c1[c-]cccc1.[c-]1ccccc1-c1[c-]cccc1.c1ccc2c(c1)Cc1ccccc1-2.c1ccc2c(c1)Cc1ccccc1-2. The van der Waals surface area contributed by atoms with Crippen molar-refractivity contribution in [1.82, 2.24) is 0 Å². The van der Waals surface area contributed by atoms with Gasteiger partial charge in [0, 0.05) is 0 Å². The van der Waals surface area contributed by atoms with E-state index in [0.717, 1.165) is 35.1 Å². The fraction of sp³-hybridized carbons (Fsp3) is 0.342. The summed E-state index contributed by atoms with van der Waals surface area (Å²) < 4.78 is 0. The van der Waals surface area contributed by atoms with Crippen LogP contribution in [0.3, 0.4) is 0 Å². The molecule has 8 aromatic carbocycles. The summed E-state index contributed by atoms with van der Waals surface area (Å²) in [5.74, 6) is 0. The van der Waals surface area contributed by atoms with E-state index in [4.69, 9.17) is 0 Å². The van der Waals surface area contributed by atoms with E-state index in [0.29, 0.717) is 0 Å². The van der Waals surface area contributed by atoms with Gasteiger partial charge in [-0.2, -0.15) is 97.1 Å². The van der Waals surface area contributed by atoms with Crippen molar-refractivity contribution in [3.63, 3.8) is 0 Å². The molecule has 2 aliphatic rings. The maximum absolute atomic E-state index is 3.15. The average Bonchev–Trinajstić information content (AvgIpc) is 4.13. The second-order valence-electron chi connectivity index (χ2n) is 12.1. The van der Waals surface area contributed by atoms with Gasteiger partial charge in [0.25, 0.3) is 0 Å². The van der Waals surface area contributed by atoms with E-state index in [1.807, 2.05) is 263 Å². The number of hydrogen-bond donors (Lipinski definition) is 0. The summed E-state index contributed by atoms with van der Waals surface area (Å²) in [6.45, 7) is 48.0. The van der Waals surface area contributed by atoms with Crippen molar-refractivity contribution in [2.75, 3.05) is 0 Å². The van der Waals surface area contributed by atoms with Gasteiger partial charge >= 0.3 is 65.4 Å². The van der Waals surface area contributed by atoms with Crippen LogP contribution in [0, 0.1) is 39.1 Å². The molecule has 0 N–H and O–H groups in total. The minimum absolute atomic E-state index is 0. The molecular formula is C76H114Y2. The molecule has 0 spiro atoms. The van der Waals surface area contributed by atoms with Crippen molar-refractivity contribution in [2.45, 2.75) is 179 Å². The van der Waals surface area contributed by atoms with Gasteiger partial charge in [-0.15, -0.1) is 24.3 Å². The summed E-state index contributed by atoms with van der Waals surface area (Å²) in [6.07, 6.45) is 2.21. The van der Waals surface area contributed by atoms with Crippen LogP contribution in [0.2, 0.25) is 0 Å². The molecule has 0 atom stereocenters. The first-order valence-electron chi connectivity index (χ1n) is 29.0. The van der Waals surface area contributed by atoms with Gasteiger partial charge in [-0.1, -0.05) is 263 Å². The van der Waals surface area contributed by atoms with Gasteiger partial charge in [0.1, 0.15) is 0 Å². The Morgan fingerprint density at radius 3 is 0.487 bits per heavy atom. The molecule has 0 aliphatic heterocycles. The minimum atomic E-state index is 0. The molecule has 78 heavy (non-hydrogen) atoms. The Kier molecular flexibility index (Phi) is 95.3. The standard InChI is InChI=1S/2C13H10.2C12H8.12C2H6.2CH3.2Y/c2*1-3-7-12-10(5-1)9-11-6-2-4-8-13(11)12;2*1-3-7-11(8-4-1)12-9-5-2-6-10-12;12*1-2;;;;/h2*1-8H,9H2;2*1-7,9H;12*1-2H3;2*1H3;;/q;;2*-2;;;;;;;;;;;;;2*-1;2*+3. The summed E-state index contributed by atoms with van der Waals surface area (Å²) in [4.78, 5) is 0. The molecule has 0 unspecified atom stereocenters. The zero-order valence-electron chi connectivity index (χ0n) is 55.0. The fourth-order valence-electron chi connectivity index (χ4n) is 6.40. The summed E-state index contributed by atoms with van der Waals surface area (Å²) in [6, 6.07) is 78.9. The molecular weight excluding hydrogens is 1090 g/mol. The van der Waals surface area contributed by atoms with Crippen LogP contribution in [0.15, 0.2) is 194 Å². The molecule has 2 aliphatic carbocycles. The van der Waals surface area contributed by atoms with Crippen LogP contribution < -0.4 is 0 Å². The molecule has 0 fully saturated rings. The number of fused-ring (bicyclic) bond motifs is 6. The van der Waals surface area contributed by atoms with Crippen LogP contribution in [-0.2, 0) is 78.3 Å². The molecule has 0 aromatic heterocycles. The molecule has 0 saturated carbocycles. The Labute approximate surface area is 539 Å². The Morgan fingerprint density at radius 2 is 0.346 bits per heavy atom. The molecule has 0 bridgehead atoms. The van der Waals surface area contributed by atoms with Crippen LogP contribution in [0.5, 0.6) is 0 Å². The third-order valence-electron chi connectivity index (χ3n) is 8.83. The van der Waals surface area contributed by atoms with Crippen molar-refractivity contribution >= 4 is 0 Å². The third-order valence-corrected chi connectivity index (χ3v) is 8.83. The first kappa shape index (κ1) is 96.2. The molecule has 8 aromatic rings. The van der Waals surface area contributed by atoms with Crippen molar-refractivity contribution < 1.29 is 65.4 Å². The Balaban J connectivity index is -0.0000000861. The van der Waals surface area contributed by atoms with Gasteiger partial charge in [-0.05, 0) is 57.3 Å². The van der Waals surface area contributed by atoms with Gasteiger partial charge in [0.15, 0.2) is 0 Å². The van der Waals surface area contributed by atoms with E-state index in [1.165, 1.54) is 44.5 Å². The van der Waals surface area contributed by atoms with E-state index < -0.39 is 0 Å². The molecule has 0 heterocycles. The van der Waals surface area contributed by atoms with Crippen LogP contribution in [0.1, 0.15) is 188 Å². The summed E-state index contributed by atoms with van der Waals surface area (Å²) in [5.41, 5.74) is 15.9. The third kappa shape index (κ3) is 39.4. The van der Waals surface area contributed by atoms with Crippen molar-refractivity contribution in [1.29, 1.82) is 0 Å². The van der Waals surface area contributed by atoms with Crippen molar-refractivity contribution in [2.24, 2.45) is 0 Å². The van der Waals surface area contributed by atoms with Gasteiger partial charge in [0.2, 0.25) is 0 Å². The Morgan fingerprint density at radius 1 is 0.205 bits per heavy atom. The van der Waals surface area contributed by atoms with E-state index in [1.54, 1.807) is 0 Å². The van der Waals surface area contributed by atoms with E-state index in [-0.39, 0.29) is 80.3 Å². The van der Waals surface area contributed by atoms with E-state index >= 15 is 0 Å². The van der Waals surface area contributed by atoms with Gasteiger partial charge in [-0.25, -0.2) is 22.3 Å². The first-order chi connectivity index (χ1) is 36.8. The zero-order chi connectivity index (χ0) is 57.8. The van der Waals surface area contributed by atoms with Crippen LogP contribution in [0.4, 0.5) is 0 Å². The Bertz CT molecular complexity index is 1920.